The van der Waals surface area contributed by atoms with Crippen LogP contribution in [0, 0.1) is 5.92 Å². The third kappa shape index (κ3) is 7.68. The zero-order valence-electron chi connectivity index (χ0n) is 12.5. The molecule has 1 atom stereocenters. The largest absolute Gasteiger partial charge is 0.481 e. The van der Waals surface area contributed by atoms with E-state index < -0.39 is 11.9 Å². The maximum atomic E-state index is 11.9. The number of nitrogens with one attached hydrogen (secondary N) is 1. The van der Waals surface area contributed by atoms with E-state index in [0.29, 0.717) is 25.2 Å². The number of carboxylic acid groups (broad SMARTS) is 1. The molecule has 1 fully saturated rings. The smallest absolute Gasteiger partial charge is 0.303 e. The van der Waals surface area contributed by atoms with Crippen molar-refractivity contribution in [2.24, 2.45) is 11.7 Å². The summed E-state index contributed by atoms with van der Waals surface area (Å²) < 4.78 is 0. The Bertz CT molecular complexity index is 365. The van der Waals surface area contributed by atoms with E-state index in [1.54, 1.807) is 0 Å². The first-order valence-electron chi connectivity index (χ1n) is 7.78. The number of carbonyl (C=O) groups excluding carboxylic acids is 2. The molecule has 0 aromatic rings. The third-order valence-corrected chi connectivity index (χ3v) is 4.03. The lowest BCUT2D eigenvalue weighted by Gasteiger charge is -2.30. The summed E-state index contributed by atoms with van der Waals surface area (Å²) in [5.74, 6) is -1.02. The summed E-state index contributed by atoms with van der Waals surface area (Å²) >= 11 is 0. The fourth-order valence-corrected chi connectivity index (χ4v) is 2.93. The Morgan fingerprint density at radius 2 is 1.71 bits per heavy atom. The number of amides is 2. The van der Waals surface area contributed by atoms with Gasteiger partial charge in [-0.25, -0.2) is 0 Å². The van der Waals surface area contributed by atoms with E-state index in [0.717, 1.165) is 25.7 Å². The van der Waals surface area contributed by atoms with E-state index in [-0.39, 0.29) is 24.8 Å². The van der Waals surface area contributed by atoms with E-state index in [1.165, 1.54) is 6.42 Å². The first kappa shape index (κ1) is 17.5. The SMILES string of the molecule is NC(=O)CC(NC(=O)CCCCC(=O)O)C1CCCCC1. The van der Waals surface area contributed by atoms with Crippen LogP contribution in [0.1, 0.15) is 64.2 Å². The number of hydrogen-bond donors (Lipinski definition) is 3. The molecule has 6 heteroatoms. The number of carboxylic acids is 1. The van der Waals surface area contributed by atoms with E-state index in [1.807, 2.05) is 0 Å². The molecule has 1 aliphatic rings. The lowest BCUT2D eigenvalue weighted by molar-refractivity contribution is -0.137. The molecule has 0 aromatic carbocycles. The molecular weight excluding hydrogens is 272 g/mol. The number of nitrogens with two attached hydrogens (primary N) is 1. The quantitative estimate of drug-likeness (QED) is 0.561. The van der Waals surface area contributed by atoms with Gasteiger partial charge in [0.15, 0.2) is 0 Å². The molecule has 120 valence electrons. The first-order valence-corrected chi connectivity index (χ1v) is 7.78. The van der Waals surface area contributed by atoms with Gasteiger partial charge < -0.3 is 16.2 Å². The zero-order valence-corrected chi connectivity index (χ0v) is 12.5. The summed E-state index contributed by atoms with van der Waals surface area (Å²) in [6, 6.07) is -0.172. The van der Waals surface area contributed by atoms with Crippen molar-refractivity contribution in [1.82, 2.24) is 5.32 Å². The highest BCUT2D eigenvalue weighted by molar-refractivity contribution is 5.79. The van der Waals surface area contributed by atoms with Crippen LogP contribution in [0.4, 0.5) is 0 Å². The van der Waals surface area contributed by atoms with Crippen molar-refractivity contribution in [3.63, 3.8) is 0 Å². The van der Waals surface area contributed by atoms with Crippen LogP contribution in [-0.2, 0) is 14.4 Å². The molecule has 0 bridgehead atoms. The summed E-state index contributed by atoms with van der Waals surface area (Å²) in [7, 11) is 0. The Morgan fingerprint density at radius 3 is 2.29 bits per heavy atom. The van der Waals surface area contributed by atoms with E-state index in [9.17, 15) is 14.4 Å². The van der Waals surface area contributed by atoms with Crippen LogP contribution in [0.3, 0.4) is 0 Å². The molecule has 4 N–H and O–H groups in total. The van der Waals surface area contributed by atoms with Gasteiger partial charge in [-0.15, -0.1) is 0 Å². The van der Waals surface area contributed by atoms with Gasteiger partial charge in [0.05, 0.1) is 0 Å². The molecule has 1 saturated carbocycles. The van der Waals surface area contributed by atoms with Crippen molar-refractivity contribution in [3.8, 4) is 0 Å². The normalized spacial score (nSPS) is 17.1. The first-order chi connectivity index (χ1) is 9.99. The Morgan fingerprint density at radius 1 is 1.10 bits per heavy atom. The summed E-state index contributed by atoms with van der Waals surface area (Å²) in [4.78, 5) is 33.5. The van der Waals surface area contributed by atoms with Crippen molar-refractivity contribution in [3.05, 3.63) is 0 Å². The van der Waals surface area contributed by atoms with Crippen molar-refractivity contribution in [1.29, 1.82) is 0 Å². The zero-order chi connectivity index (χ0) is 15.7. The summed E-state index contributed by atoms with van der Waals surface area (Å²) in [5.41, 5.74) is 5.28. The Balaban J connectivity index is 2.38. The molecule has 6 nitrogen and oxygen atoms in total. The van der Waals surface area contributed by atoms with Crippen molar-refractivity contribution in [2.45, 2.75) is 70.3 Å². The molecule has 0 aromatic heterocycles. The second-order valence-corrected chi connectivity index (χ2v) is 5.84. The molecule has 21 heavy (non-hydrogen) atoms. The molecule has 2 amide bonds. The van der Waals surface area contributed by atoms with Crippen LogP contribution in [0.2, 0.25) is 0 Å². The molecule has 1 unspecified atom stereocenters. The van der Waals surface area contributed by atoms with Gasteiger partial charge in [-0.2, -0.15) is 0 Å². The predicted molar refractivity (Wildman–Crippen MR) is 78.4 cm³/mol. The van der Waals surface area contributed by atoms with Crippen molar-refractivity contribution < 1.29 is 19.5 Å². The Labute approximate surface area is 125 Å². The van der Waals surface area contributed by atoms with Gasteiger partial charge in [0.1, 0.15) is 0 Å². The monoisotopic (exact) mass is 298 g/mol. The predicted octanol–water partition coefficient (Wildman–Crippen LogP) is 1.57. The average molecular weight is 298 g/mol. The molecule has 1 aliphatic carbocycles. The molecule has 0 heterocycles. The van der Waals surface area contributed by atoms with Gasteiger partial charge in [0.25, 0.3) is 0 Å². The van der Waals surface area contributed by atoms with Gasteiger partial charge in [-0.3, -0.25) is 14.4 Å². The minimum absolute atomic E-state index is 0.0839. The van der Waals surface area contributed by atoms with Crippen LogP contribution < -0.4 is 11.1 Å². The van der Waals surface area contributed by atoms with E-state index in [4.69, 9.17) is 10.8 Å². The average Bonchev–Trinajstić information content (AvgIpc) is 2.43. The third-order valence-electron chi connectivity index (χ3n) is 4.03. The topological polar surface area (TPSA) is 109 Å². The van der Waals surface area contributed by atoms with Crippen LogP contribution in [0.15, 0.2) is 0 Å². The number of primary amides is 1. The minimum Gasteiger partial charge on any atom is -0.481 e. The molecule has 0 saturated heterocycles. The lowest BCUT2D eigenvalue weighted by Crippen LogP contribution is -2.43. The van der Waals surface area contributed by atoms with Crippen LogP contribution >= 0.6 is 0 Å². The number of unbranched alkanes of at least 4 members (excludes halogenated alkanes) is 1. The fraction of sp³-hybridized carbons (Fsp3) is 0.800. The van der Waals surface area contributed by atoms with E-state index in [2.05, 4.69) is 5.32 Å². The van der Waals surface area contributed by atoms with Gasteiger partial charge in [-0.1, -0.05) is 19.3 Å². The standard InChI is InChI=1S/C15H26N2O4/c16-13(18)10-12(11-6-2-1-3-7-11)17-14(19)8-4-5-9-15(20)21/h11-12H,1-10H2,(H2,16,18)(H,17,19)(H,20,21). The Kier molecular flexibility index (Phi) is 7.79. The second kappa shape index (κ2) is 9.37. The maximum Gasteiger partial charge on any atom is 0.303 e. The van der Waals surface area contributed by atoms with Crippen molar-refractivity contribution >= 4 is 17.8 Å². The second-order valence-electron chi connectivity index (χ2n) is 5.84. The lowest BCUT2D eigenvalue weighted by atomic mass is 9.82. The number of hydrogen-bond acceptors (Lipinski definition) is 3. The number of carbonyl (C=O) groups is 3. The highest BCUT2D eigenvalue weighted by Gasteiger charge is 2.26. The minimum atomic E-state index is -0.843. The summed E-state index contributed by atoms with van der Waals surface area (Å²) in [5, 5.41) is 11.5. The van der Waals surface area contributed by atoms with Crippen LogP contribution in [0.25, 0.3) is 0 Å². The van der Waals surface area contributed by atoms with Crippen molar-refractivity contribution in [2.75, 3.05) is 0 Å². The maximum absolute atomic E-state index is 11.9. The number of rotatable bonds is 9. The number of aliphatic carboxylic acids is 1. The van der Waals surface area contributed by atoms with Gasteiger partial charge in [0.2, 0.25) is 11.8 Å². The van der Waals surface area contributed by atoms with Crippen LogP contribution in [0.5, 0.6) is 0 Å². The van der Waals surface area contributed by atoms with Gasteiger partial charge >= 0.3 is 5.97 Å². The molecule has 1 rings (SSSR count). The molecular formula is C15H26N2O4. The fourth-order valence-electron chi connectivity index (χ4n) is 2.93. The highest BCUT2D eigenvalue weighted by atomic mass is 16.4. The summed E-state index contributed by atoms with van der Waals surface area (Å²) in [6.45, 7) is 0. The molecule has 0 radical (unpaired) electrons. The van der Waals surface area contributed by atoms with Gasteiger partial charge in [-0.05, 0) is 31.6 Å². The van der Waals surface area contributed by atoms with Crippen LogP contribution in [-0.4, -0.2) is 28.9 Å². The Hall–Kier alpha value is -1.59. The molecule has 0 spiro atoms. The molecule has 0 aliphatic heterocycles. The summed E-state index contributed by atoms with van der Waals surface area (Å²) in [6.07, 6.45) is 7.14. The van der Waals surface area contributed by atoms with Gasteiger partial charge in [0, 0.05) is 25.3 Å². The van der Waals surface area contributed by atoms with E-state index >= 15 is 0 Å². The highest BCUT2D eigenvalue weighted by Crippen LogP contribution is 2.27.